The lowest BCUT2D eigenvalue weighted by Crippen LogP contribution is -2.42. The Morgan fingerprint density at radius 3 is 2.64 bits per heavy atom. The minimum Gasteiger partial charge on any atom is -0.447 e. The van der Waals surface area contributed by atoms with Crippen LogP contribution in [0.3, 0.4) is 0 Å². The third kappa shape index (κ3) is 4.60. The third-order valence-electron chi connectivity index (χ3n) is 5.10. The van der Waals surface area contributed by atoms with Crippen LogP contribution in [0, 0.1) is 0 Å². The van der Waals surface area contributed by atoms with Gasteiger partial charge in [-0.3, -0.25) is 4.79 Å². The summed E-state index contributed by atoms with van der Waals surface area (Å²) < 4.78 is 5.20. The summed E-state index contributed by atoms with van der Waals surface area (Å²) in [5.41, 5.74) is 3.33. The third-order valence-corrected chi connectivity index (χ3v) is 6.88. The molecule has 0 saturated carbocycles. The first-order valence-corrected chi connectivity index (χ1v) is 12.6. The van der Waals surface area contributed by atoms with Crippen molar-refractivity contribution < 1.29 is 14.3 Å². The molecule has 5 heteroatoms. The normalized spacial score (nSPS) is 16.3. The zero-order valence-corrected chi connectivity index (χ0v) is 17.7. The molecule has 1 heterocycles. The van der Waals surface area contributed by atoms with Crippen molar-refractivity contribution in [3.8, 4) is 0 Å². The average molecular weight is 394 g/mol. The quantitative estimate of drug-likeness (QED) is 0.536. The summed E-state index contributed by atoms with van der Waals surface area (Å²) in [6, 6.07) is 15.9. The summed E-state index contributed by atoms with van der Waals surface area (Å²) in [7, 11) is -1.12. The van der Waals surface area contributed by atoms with Crippen LogP contribution >= 0.6 is 0 Å². The number of imide groups is 1. The van der Waals surface area contributed by atoms with E-state index in [0.29, 0.717) is 6.42 Å². The molecule has 1 atom stereocenters. The van der Waals surface area contributed by atoms with Crippen molar-refractivity contribution in [1.29, 1.82) is 0 Å². The Morgan fingerprint density at radius 2 is 1.96 bits per heavy atom. The Balaban J connectivity index is 1.79. The molecule has 1 fully saturated rings. The summed E-state index contributed by atoms with van der Waals surface area (Å²) >= 11 is 0. The van der Waals surface area contributed by atoms with Crippen molar-refractivity contribution in [2.24, 2.45) is 0 Å². The molecular weight excluding hydrogens is 366 g/mol. The highest BCUT2D eigenvalue weighted by Crippen LogP contribution is 2.19. The fourth-order valence-electron chi connectivity index (χ4n) is 3.69. The van der Waals surface area contributed by atoms with E-state index in [-0.39, 0.29) is 25.0 Å². The highest BCUT2D eigenvalue weighted by molar-refractivity contribution is 6.71. The Morgan fingerprint density at radius 1 is 1.21 bits per heavy atom. The van der Waals surface area contributed by atoms with Crippen molar-refractivity contribution in [2.45, 2.75) is 38.4 Å². The molecule has 0 bridgehead atoms. The summed E-state index contributed by atoms with van der Waals surface area (Å²) in [6.45, 7) is 8.56. The van der Waals surface area contributed by atoms with Gasteiger partial charge >= 0.3 is 6.09 Å². The molecule has 28 heavy (non-hydrogen) atoms. The van der Waals surface area contributed by atoms with E-state index in [0.717, 1.165) is 17.5 Å². The molecule has 2 aromatic carbocycles. The number of carbonyl (C=O) groups excluding carboxylic acids is 2. The van der Waals surface area contributed by atoms with Gasteiger partial charge in [0.1, 0.15) is 6.61 Å². The van der Waals surface area contributed by atoms with E-state index in [1.807, 2.05) is 48.5 Å². The number of hydrogen-bond donors (Lipinski definition) is 0. The molecule has 1 saturated heterocycles. The molecule has 4 nitrogen and oxygen atoms in total. The molecule has 3 rings (SSSR count). The lowest BCUT2D eigenvalue weighted by molar-refractivity contribution is -0.128. The smallest absolute Gasteiger partial charge is 0.416 e. The molecule has 1 aliphatic heterocycles. The zero-order valence-electron chi connectivity index (χ0n) is 16.6. The molecule has 2 aromatic rings. The van der Waals surface area contributed by atoms with Gasteiger partial charge in [-0.1, -0.05) is 72.9 Å². The zero-order chi connectivity index (χ0) is 20.1. The second-order valence-corrected chi connectivity index (χ2v) is 10.5. The fraction of sp³-hybridized carbons (Fsp3) is 0.304. The molecule has 0 aliphatic carbocycles. The van der Waals surface area contributed by atoms with Gasteiger partial charge in [-0.2, -0.15) is 0 Å². The van der Waals surface area contributed by atoms with Crippen LogP contribution in [0.2, 0.25) is 13.1 Å². The minimum absolute atomic E-state index is 0.184. The monoisotopic (exact) mass is 393 g/mol. The number of benzene rings is 2. The molecular formula is C23H27NO3Si. The molecule has 1 aliphatic rings. The number of amides is 2. The predicted molar refractivity (Wildman–Crippen MR) is 115 cm³/mol. The van der Waals surface area contributed by atoms with Crippen LogP contribution in [0.5, 0.6) is 0 Å². The van der Waals surface area contributed by atoms with Crippen LogP contribution in [-0.4, -0.2) is 38.3 Å². The van der Waals surface area contributed by atoms with E-state index < -0.39 is 14.9 Å². The Kier molecular flexibility index (Phi) is 6.47. The first kappa shape index (κ1) is 20.1. The molecule has 0 spiro atoms. The van der Waals surface area contributed by atoms with Gasteiger partial charge in [0, 0.05) is 0 Å². The maximum absolute atomic E-state index is 13.0. The van der Waals surface area contributed by atoms with E-state index in [1.54, 1.807) is 0 Å². The number of ether oxygens (including phenoxy) is 1. The minimum atomic E-state index is -1.12. The number of rotatable bonds is 7. The van der Waals surface area contributed by atoms with Gasteiger partial charge < -0.3 is 4.74 Å². The standard InChI is InChI=1S/C23H27NO3Si/c1-4-8-17-11-12-19(21(14-17)28(2)3)15-22(25)24-20(16-27-23(24)26)13-18-9-6-5-7-10-18/h4-7,9-12,14,20,28H,1,8,13,15-16H2,2-3H3/t20-/m0/s1. The molecule has 0 radical (unpaired) electrons. The lowest BCUT2D eigenvalue weighted by atomic mass is 10.0. The SMILES string of the molecule is C=CCc1ccc(CC(=O)N2C(=O)OC[C@@H]2Cc2ccccc2)c([SiH](C)C)c1. The highest BCUT2D eigenvalue weighted by atomic mass is 28.3. The molecule has 0 unspecified atom stereocenters. The van der Waals surface area contributed by atoms with E-state index >= 15 is 0 Å². The summed E-state index contributed by atoms with van der Waals surface area (Å²) in [4.78, 5) is 26.6. The van der Waals surface area contributed by atoms with E-state index in [9.17, 15) is 9.59 Å². The molecule has 0 aromatic heterocycles. The van der Waals surface area contributed by atoms with Crippen molar-refractivity contribution in [3.63, 3.8) is 0 Å². The van der Waals surface area contributed by atoms with Crippen LogP contribution in [0.4, 0.5) is 4.79 Å². The second-order valence-electron chi connectivity index (χ2n) is 7.54. The molecule has 0 N–H and O–H groups in total. The van der Waals surface area contributed by atoms with Crippen molar-refractivity contribution in [3.05, 3.63) is 77.9 Å². The Hall–Kier alpha value is -2.66. The number of cyclic esters (lactones) is 1. The van der Waals surface area contributed by atoms with Gasteiger partial charge in [-0.25, -0.2) is 9.69 Å². The first-order chi connectivity index (χ1) is 13.5. The summed E-state index contributed by atoms with van der Waals surface area (Å²) in [6.07, 6.45) is 3.02. The van der Waals surface area contributed by atoms with E-state index in [2.05, 4.69) is 25.7 Å². The van der Waals surface area contributed by atoms with Crippen molar-refractivity contribution >= 4 is 26.0 Å². The van der Waals surface area contributed by atoms with E-state index in [4.69, 9.17) is 4.74 Å². The van der Waals surface area contributed by atoms with Crippen LogP contribution in [0.1, 0.15) is 16.7 Å². The van der Waals surface area contributed by atoms with Gasteiger partial charge in [0.15, 0.2) is 0 Å². The Bertz CT molecular complexity index is 863. The van der Waals surface area contributed by atoms with Crippen molar-refractivity contribution in [1.82, 2.24) is 4.90 Å². The van der Waals surface area contributed by atoms with Crippen LogP contribution < -0.4 is 5.19 Å². The number of allylic oxidation sites excluding steroid dienone is 1. The van der Waals surface area contributed by atoms with Crippen LogP contribution in [-0.2, 0) is 28.8 Å². The molecule has 146 valence electrons. The van der Waals surface area contributed by atoms with Crippen LogP contribution in [0.15, 0.2) is 61.2 Å². The fourth-order valence-corrected chi connectivity index (χ4v) is 5.17. The van der Waals surface area contributed by atoms with Gasteiger partial charge in [0.25, 0.3) is 0 Å². The van der Waals surface area contributed by atoms with Gasteiger partial charge in [-0.05, 0) is 29.5 Å². The average Bonchev–Trinajstić information content (AvgIpc) is 3.04. The summed E-state index contributed by atoms with van der Waals surface area (Å²) in [5, 5.41) is 1.28. The second kappa shape index (κ2) is 9.02. The highest BCUT2D eigenvalue weighted by Gasteiger charge is 2.37. The number of carbonyl (C=O) groups is 2. The number of nitrogens with zero attached hydrogens (tertiary/aromatic N) is 1. The van der Waals surface area contributed by atoms with E-state index in [1.165, 1.54) is 15.7 Å². The molecule has 2 amide bonds. The maximum atomic E-state index is 13.0. The van der Waals surface area contributed by atoms with Crippen molar-refractivity contribution in [2.75, 3.05) is 6.61 Å². The predicted octanol–water partition coefficient (Wildman–Crippen LogP) is 3.24. The topological polar surface area (TPSA) is 46.6 Å². The largest absolute Gasteiger partial charge is 0.447 e. The van der Waals surface area contributed by atoms with Gasteiger partial charge in [-0.15, -0.1) is 6.58 Å². The maximum Gasteiger partial charge on any atom is 0.416 e. The summed E-state index contributed by atoms with van der Waals surface area (Å²) in [5.74, 6) is -0.184. The Labute approximate surface area is 168 Å². The van der Waals surface area contributed by atoms with Gasteiger partial charge in [0.05, 0.1) is 21.3 Å². The lowest BCUT2D eigenvalue weighted by Gasteiger charge is -2.21. The number of hydrogen-bond acceptors (Lipinski definition) is 3. The van der Waals surface area contributed by atoms with Crippen LogP contribution in [0.25, 0.3) is 0 Å². The van der Waals surface area contributed by atoms with Gasteiger partial charge in [0.2, 0.25) is 5.91 Å². The first-order valence-electron chi connectivity index (χ1n) is 9.75.